The minimum absolute atomic E-state index is 0.230. The van der Waals surface area contributed by atoms with E-state index in [0.717, 1.165) is 40.8 Å². The molecule has 3 heteroatoms. The predicted octanol–water partition coefficient (Wildman–Crippen LogP) is 3.47. The van der Waals surface area contributed by atoms with Crippen LogP contribution in [0.15, 0.2) is 18.2 Å². The average Bonchev–Trinajstić information content (AvgIpc) is 2.61. The molecule has 1 N–H and O–H groups in total. The van der Waals surface area contributed by atoms with Gasteiger partial charge in [0.05, 0.1) is 7.11 Å². The molecule has 2 aromatic rings. The highest BCUT2D eigenvalue weighted by Crippen LogP contribution is 2.34. The van der Waals surface area contributed by atoms with E-state index in [1.807, 2.05) is 25.1 Å². The highest BCUT2D eigenvalue weighted by Gasteiger charge is 2.29. The Kier molecular flexibility index (Phi) is 2.62. The molecule has 0 unspecified atom stereocenters. The number of carbonyl (C=O) groups is 1. The van der Waals surface area contributed by atoms with Gasteiger partial charge >= 0.3 is 0 Å². The SMILES string of the molecule is COc1ccc2[nH]c(C)c(C(=O)C3CCC3)c2c1. The largest absolute Gasteiger partial charge is 0.497 e. The quantitative estimate of drug-likeness (QED) is 0.839. The predicted molar refractivity (Wildman–Crippen MR) is 71.3 cm³/mol. The van der Waals surface area contributed by atoms with Gasteiger partial charge in [0.1, 0.15) is 5.75 Å². The van der Waals surface area contributed by atoms with Crippen LogP contribution >= 0.6 is 0 Å². The first kappa shape index (κ1) is 11.3. The van der Waals surface area contributed by atoms with Gasteiger partial charge in [-0.15, -0.1) is 0 Å². The molecule has 0 aliphatic heterocycles. The Morgan fingerprint density at radius 3 is 2.78 bits per heavy atom. The van der Waals surface area contributed by atoms with Crippen molar-refractivity contribution in [3.8, 4) is 5.75 Å². The standard InChI is InChI=1S/C15H17NO2/c1-9-14(15(17)10-4-3-5-10)12-8-11(18-2)6-7-13(12)16-9/h6-8,10,16H,3-5H2,1-2H3. The summed E-state index contributed by atoms with van der Waals surface area (Å²) in [5.41, 5.74) is 2.83. The lowest BCUT2D eigenvalue weighted by molar-refractivity contribution is 0.0856. The summed E-state index contributed by atoms with van der Waals surface area (Å²) < 4.78 is 5.24. The number of ether oxygens (including phenoxy) is 1. The van der Waals surface area contributed by atoms with Crippen LogP contribution in [0.25, 0.3) is 10.9 Å². The third-order valence-electron chi connectivity index (χ3n) is 3.92. The molecule has 0 spiro atoms. The first-order chi connectivity index (χ1) is 8.70. The first-order valence-corrected chi connectivity index (χ1v) is 6.41. The third kappa shape index (κ3) is 1.62. The maximum atomic E-state index is 12.5. The van der Waals surface area contributed by atoms with E-state index in [9.17, 15) is 4.79 Å². The molecule has 1 fully saturated rings. The van der Waals surface area contributed by atoms with Gasteiger partial charge in [0, 0.05) is 28.1 Å². The number of rotatable bonds is 3. The van der Waals surface area contributed by atoms with Crippen molar-refractivity contribution in [3.63, 3.8) is 0 Å². The first-order valence-electron chi connectivity index (χ1n) is 6.41. The van der Waals surface area contributed by atoms with Crippen LogP contribution in [0.4, 0.5) is 0 Å². The molecule has 3 rings (SSSR count). The van der Waals surface area contributed by atoms with E-state index in [4.69, 9.17) is 4.74 Å². The maximum absolute atomic E-state index is 12.5. The van der Waals surface area contributed by atoms with E-state index < -0.39 is 0 Å². The van der Waals surface area contributed by atoms with Crippen LogP contribution in [0.2, 0.25) is 0 Å². The van der Waals surface area contributed by atoms with Gasteiger partial charge in [-0.3, -0.25) is 4.79 Å². The number of ketones is 1. The number of nitrogens with one attached hydrogen (secondary N) is 1. The number of aromatic amines is 1. The zero-order valence-electron chi connectivity index (χ0n) is 10.7. The summed E-state index contributed by atoms with van der Waals surface area (Å²) in [6.07, 6.45) is 3.25. The van der Waals surface area contributed by atoms with E-state index in [1.54, 1.807) is 7.11 Å². The van der Waals surface area contributed by atoms with Crippen LogP contribution in [-0.4, -0.2) is 17.9 Å². The van der Waals surface area contributed by atoms with Crippen LogP contribution in [0.1, 0.15) is 35.3 Å². The van der Waals surface area contributed by atoms with Gasteiger partial charge in [0.15, 0.2) is 5.78 Å². The van der Waals surface area contributed by atoms with Crippen LogP contribution in [-0.2, 0) is 0 Å². The van der Waals surface area contributed by atoms with Crippen molar-refractivity contribution < 1.29 is 9.53 Å². The van der Waals surface area contributed by atoms with Gasteiger partial charge in [-0.05, 0) is 38.0 Å². The van der Waals surface area contributed by atoms with Crippen LogP contribution in [0.5, 0.6) is 5.75 Å². The van der Waals surface area contributed by atoms with Crippen LogP contribution in [0, 0.1) is 12.8 Å². The molecule has 94 valence electrons. The lowest BCUT2D eigenvalue weighted by atomic mass is 9.79. The topological polar surface area (TPSA) is 42.1 Å². The van der Waals surface area contributed by atoms with Crippen molar-refractivity contribution in [2.24, 2.45) is 5.92 Å². The number of aromatic nitrogens is 1. The molecule has 0 atom stereocenters. The number of methoxy groups -OCH3 is 1. The van der Waals surface area contributed by atoms with E-state index in [0.29, 0.717) is 5.78 Å². The lowest BCUT2D eigenvalue weighted by Crippen LogP contribution is -2.22. The number of fused-ring (bicyclic) bond motifs is 1. The Morgan fingerprint density at radius 1 is 1.39 bits per heavy atom. The zero-order chi connectivity index (χ0) is 12.7. The molecule has 3 nitrogen and oxygen atoms in total. The van der Waals surface area contributed by atoms with E-state index >= 15 is 0 Å². The Bertz CT molecular complexity index is 608. The Hall–Kier alpha value is -1.77. The highest BCUT2D eigenvalue weighted by atomic mass is 16.5. The zero-order valence-corrected chi connectivity index (χ0v) is 10.7. The van der Waals surface area contributed by atoms with Crippen molar-refractivity contribution in [2.45, 2.75) is 26.2 Å². The molecular formula is C15H17NO2. The fourth-order valence-electron chi connectivity index (χ4n) is 2.62. The molecule has 0 saturated heterocycles. The third-order valence-corrected chi connectivity index (χ3v) is 3.92. The summed E-state index contributed by atoms with van der Waals surface area (Å²) in [5.74, 6) is 1.32. The molecule has 1 aliphatic carbocycles. The number of Topliss-reactive ketones (excluding diaryl/α,β-unsaturated/α-hetero) is 1. The Balaban J connectivity index is 2.13. The number of H-pyrrole nitrogens is 1. The summed E-state index contributed by atoms with van der Waals surface area (Å²) in [5, 5.41) is 0.990. The van der Waals surface area contributed by atoms with Crippen molar-refractivity contribution in [3.05, 3.63) is 29.5 Å². The summed E-state index contributed by atoms with van der Waals surface area (Å²) in [7, 11) is 1.65. The van der Waals surface area contributed by atoms with Gasteiger partial charge in [-0.1, -0.05) is 6.42 Å². The molecule has 0 bridgehead atoms. The second-order valence-electron chi connectivity index (χ2n) is 5.03. The summed E-state index contributed by atoms with van der Waals surface area (Å²) in [6.45, 7) is 1.97. The normalized spacial score (nSPS) is 15.7. The molecule has 1 aromatic heterocycles. The number of hydrogen-bond donors (Lipinski definition) is 1. The molecule has 0 amide bonds. The Morgan fingerprint density at radius 2 is 2.17 bits per heavy atom. The van der Waals surface area contributed by atoms with Gasteiger partial charge in [-0.2, -0.15) is 0 Å². The molecule has 1 saturated carbocycles. The second-order valence-corrected chi connectivity index (χ2v) is 5.03. The van der Waals surface area contributed by atoms with Gasteiger partial charge in [0.25, 0.3) is 0 Å². The minimum atomic E-state index is 0.230. The number of carbonyl (C=O) groups excluding carboxylic acids is 1. The fraction of sp³-hybridized carbons (Fsp3) is 0.400. The molecule has 1 heterocycles. The van der Waals surface area contributed by atoms with Crippen molar-refractivity contribution in [1.82, 2.24) is 4.98 Å². The minimum Gasteiger partial charge on any atom is -0.497 e. The maximum Gasteiger partial charge on any atom is 0.168 e. The smallest absolute Gasteiger partial charge is 0.168 e. The molecular weight excluding hydrogens is 226 g/mol. The van der Waals surface area contributed by atoms with Crippen molar-refractivity contribution >= 4 is 16.7 Å². The summed E-state index contributed by atoms with van der Waals surface area (Å²) >= 11 is 0. The number of aryl methyl sites for hydroxylation is 1. The average molecular weight is 243 g/mol. The Labute approximate surface area is 106 Å². The number of hydrogen-bond acceptors (Lipinski definition) is 2. The summed E-state index contributed by atoms with van der Waals surface area (Å²) in [4.78, 5) is 15.7. The van der Waals surface area contributed by atoms with Crippen LogP contribution < -0.4 is 4.74 Å². The van der Waals surface area contributed by atoms with E-state index in [-0.39, 0.29) is 5.92 Å². The van der Waals surface area contributed by atoms with Gasteiger partial charge < -0.3 is 9.72 Å². The number of benzene rings is 1. The van der Waals surface area contributed by atoms with Crippen LogP contribution in [0.3, 0.4) is 0 Å². The van der Waals surface area contributed by atoms with Gasteiger partial charge in [-0.25, -0.2) is 0 Å². The molecule has 1 aliphatic rings. The van der Waals surface area contributed by atoms with E-state index in [1.165, 1.54) is 6.42 Å². The van der Waals surface area contributed by atoms with Crippen molar-refractivity contribution in [1.29, 1.82) is 0 Å². The van der Waals surface area contributed by atoms with Gasteiger partial charge in [0.2, 0.25) is 0 Å². The second kappa shape index (κ2) is 4.16. The molecule has 0 radical (unpaired) electrons. The summed E-state index contributed by atoms with van der Waals surface area (Å²) in [6, 6.07) is 5.83. The lowest BCUT2D eigenvalue weighted by Gasteiger charge is -2.23. The van der Waals surface area contributed by atoms with Crippen molar-refractivity contribution in [2.75, 3.05) is 7.11 Å². The molecule has 1 aromatic carbocycles. The molecule has 18 heavy (non-hydrogen) atoms. The highest BCUT2D eigenvalue weighted by molar-refractivity contribution is 6.10. The van der Waals surface area contributed by atoms with E-state index in [2.05, 4.69) is 4.98 Å². The fourth-order valence-corrected chi connectivity index (χ4v) is 2.62. The monoisotopic (exact) mass is 243 g/mol.